The molecule has 0 aliphatic rings. The first-order chi connectivity index (χ1) is 6.63. The molecule has 2 nitrogen and oxygen atoms in total. The number of ether oxygens (including phenoxy) is 1. The van der Waals surface area contributed by atoms with Gasteiger partial charge in [0.2, 0.25) is 0 Å². The van der Waals surface area contributed by atoms with Gasteiger partial charge in [0.25, 0.3) is 0 Å². The first-order valence-electron chi connectivity index (χ1n) is 4.28. The number of methoxy groups -OCH3 is 1. The van der Waals surface area contributed by atoms with Gasteiger partial charge in [0.05, 0.1) is 13.2 Å². The van der Waals surface area contributed by atoms with Crippen LogP contribution in [0.4, 0.5) is 0 Å². The molecule has 1 rings (SSSR count). The van der Waals surface area contributed by atoms with Gasteiger partial charge < -0.3 is 9.84 Å². The summed E-state index contributed by atoms with van der Waals surface area (Å²) < 4.78 is 5.81. The Hall–Kier alpha value is -0.800. The lowest BCUT2D eigenvalue weighted by Crippen LogP contribution is -1.96. The lowest BCUT2D eigenvalue weighted by Gasteiger charge is -2.10. The average Bonchev–Trinajstić information content (AvgIpc) is 2.17. The third-order valence-electron chi connectivity index (χ3n) is 1.92. The number of benzene rings is 1. The summed E-state index contributed by atoms with van der Waals surface area (Å²) in [6, 6.07) is 7.35. The first-order valence-corrected chi connectivity index (χ1v) is 5.08. The van der Waals surface area contributed by atoms with Gasteiger partial charge in [0, 0.05) is 6.42 Å². The normalized spacial score (nSPS) is 12.2. The van der Waals surface area contributed by atoms with Crippen molar-refractivity contribution in [2.75, 3.05) is 7.11 Å². The minimum atomic E-state index is -0.507. The SMILES string of the molecule is C=C(Br)C[C@H](O)c1ccc(OC)cc1. The summed E-state index contributed by atoms with van der Waals surface area (Å²) in [4.78, 5) is 0. The minimum Gasteiger partial charge on any atom is -0.497 e. The fourth-order valence-corrected chi connectivity index (χ4v) is 1.46. The molecule has 0 saturated heterocycles. The molecular formula is C11H13BrO2. The molecule has 76 valence electrons. The Labute approximate surface area is 92.3 Å². The van der Waals surface area contributed by atoms with Gasteiger partial charge >= 0.3 is 0 Å². The Balaban J connectivity index is 2.71. The second kappa shape index (κ2) is 5.17. The average molecular weight is 257 g/mol. The molecule has 0 bridgehead atoms. The summed E-state index contributed by atoms with van der Waals surface area (Å²) in [7, 11) is 1.62. The van der Waals surface area contributed by atoms with Crippen LogP contribution in [0.1, 0.15) is 18.1 Å². The van der Waals surface area contributed by atoms with Crippen molar-refractivity contribution in [2.24, 2.45) is 0 Å². The molecule has 0 unspecified atom stereocenters. The molecule has 1 aromatic rings. The van der Waals surface area contributed by atoms with Gasteiger partial charge in [-0.25, -0.2) is 0 Å². The summed E-state index contributed by atoms with van der Waals surface area (Å²) in [5.41, 5.74) is 0.867. The molecule has 0 radical (unpaired) electrons. The highest BCUT2D eigenvalue weighted by molar-refractivity contribution is 9.11. The van der Waals surface area contributed by atoms with Gasteiger partial charge in [-0.1, -0.05) is 34.6 Å². The van der Waals surface area contributed by atoms with Gasteiger partial charge in [0.15, 0.2) is 0 Å². The van der Waals surface area contributed by atoms with Crippen LogP contribution in [0.15, 0.2) is 35.3 Å². The zero-order valence-corrected chi connectivity index (χ0v) is 9.62. The van der Waals surface area contributed by atoms with E-state index in [0.29, 0.717) is 6.42 Å². The van der Waals surface area contributed by atoms with E-state index >= 15 is 0 Å². The van der Waals surface area contributed by atoms with Crippen molar-refractivity contribution in [2.45, 2.75) is 12.5 Å². The number of hydrogen-bond acceptors (Lipinski definition) is 2. The standard InChI is InChI=1S/C11H13BrO2/c1-8(12)7-11(13)9-3-5-10(14-2)6-4-9/h3-6,11,13H,1,7H2,2H3/t11-/m0/s1. The van der Waals surface area contributed by atoms with Crippen LogP contribution in [0.3, 0.4) is 0 Å². The smallest absolute Gasteiger partial charge is 0.118 e. The van der Waals surface area contributed by atoms with Crippen molar-refractivity contribution in [3.8, 4) is 5.75 Å². The summed E-state index contributed by atoms with van der Waals surface area (Å²) in [5.74, 6) is 0.790. The number of aliphatic hydroxyl groups excluding tert-OH is 1. The van der Waals surface area contributed by atoms with Crippen LogP contribution < -0.4 is 4.74 Å². The van der Waals surface area contributed by atoms with Crippen molar-refractivity contribution in [1.82, 2.24) is 0 Å². The molecule has 14 heavy (non-hydrogen) atoms. The van der Waals surface area contributed by atoms with E-state index in [1.165, 1.54) is 0 Å². The van der Waals surface area contributed by atoms with Crippen LogP contribution in [0, 0.1) is 0 Å². The molecule has 3 heteroatoms. The van der Waals surface area contributed by atoms with E-state index in [9.17, 15) is 5.11 Å². The van der Waals surface area contributed by atoms with Crippen LogP contribution in [-0.2, 0) is 0 Å². The van der Waals surface area contributed by atoms with Gasteiger partial charge in [-0.05, 0) is 22.2 Å². The molecule has 1 atom stereocenters. The van der Waals surface area contributed by atoms with E-state index < -0.39 is 6.10 Å². The molecule has 0 fully saturated rings. The van der Waals surface area contributed by atoms with E-state index in [1.54, 1.807) is 7.11 Å². The molecule has 1 aromatic carbocycles. The largest absolute Gasteiger partial charge is 0.497 e. The lowest BCUT2D eigenvalue weighted by molar-refractivity contribution is 0.181. The Morgan fingerprint density at radius 1 is 1.50 bits per heavy atom. The quantitative estimate of drug-likeness (QED) is 0.898. The van der Waals surface area contributed by atoms with Gasteiger partial charge in [0.1, 0.15) is 5.75 Å². The third kappa shape index (κ3) is 3.16. The monoisotopic (exact) mass is 256 g/mol. The molecule has 0 saturated carbocycles. The van der Waals surface area contributed by atoms with Gasteiger partial charge in [-0.3, -0.25) is 0 Å². The zero-order chi connectivity index (χ0) is 10.6. The Morgan fingerprint density at radius 3 is 2.50 bits per heavy atom. The van der Waals surface area contributed by atoms with Crippen molar-refractivity contribution in [1.29, 1.82) is 0 Å². The van der Waals surface area contributed by atoms with Crippen molar-refractivity contribution in [3.05, 3.63) is 40.9 Å². The first kappa shape index (κ1) is 11.3. The molecule has 0 aliphatic carbocycles. The lowest BCUT2D eigenvalue weighted by atomic mass is 10.1. The maximum absolute atomic E-state index is 9.72. The number of hydrogen-bond donors (Lipinski definition) is 1. The van der Waals surface area contributed by atoms with E-state index in [4.69, 9.17) is 4.74 Å². The van der Waals surface area contributed by atoms with E-state index in [2.05, 4.69) is 22.5 Å². The van der Waals surface area contributed by atoms with Crippen LogP contribution in [0.25, 0.3) is 0 Å². The minimum absolute atomic E-state index is 0.507. The van der Waals surface area contributed by atoms with Crippen LogP contribution in [0.2, 0.25) is 0 Å². The predicted octanol–water partition coefficient (Wildman–Crippen LogP) is 3.03. The highest BCUT2D eigenvalue weighted by Gasteiger charge is 2.07. The highest BCUT2D eigenvalue weighted by Crippen LogP contribution is 2.24. The topological polar surface area (TPSA) is 29.5 Å². The molecule has 0 aromatic heterocycles. The maximum Gasteiger partial charge on any atom is 0.118 e. The van der Waals surface area contributed by atoms with Gasteiger partial charge in [-0.15, -0.1) is 0 Å². The summed E-state index contributed by atoms with van der Waals surface area (Å²) in [6.45, 7) is 3.69. The number of rotatable bonds is 4. The fourth-order valence-electron chi connectivity index (χ4n) is 1.15. The summed E-state index contributed by atoms with van der Waals surface area (Å²) in [5, 5.41) is 9.72. The Bertz CT molecular complexity index is 306. The highest BCUT2D eigenvalue weighted by atomic mass is 79.9. The van der Waals surface area contributed by atoms with Crippen molar-refractivity contribution < 1.29 is 9.84 Å². The molecule has 0 spiro atoms. The molecule has 0 amide bonds. The Morgan fingerprint density at radius 2 is 2.07 bits per heavy atom. The maximum atomic E-state index is 9.72. The van der Waals surface area contributed by atoms with E-state index in [0.717, 1.165) is 15.8 Å². The molecule has 0 heterocycles. The molecule has 1 N–H and O–H groups in total. The van der Waals surface area contributed by atoms with Crippen LogP contribution in [-0.4, -0.2) is 12.2 Å². The Kier molecular flexibility index (Phi) is 4.17. The second-order valence-electron chi connectivity index (χ2n) is 3.01. The third-order valence-corrected chi connectivity index (χ3v) is 2.24. The molecule has 0 aliphatic heterocycles. The van der Waals surface area contributed by atoms with Crippen LogP contribution >= 0.6 is 15.9 Å². The summed E-state index contributed by atoms with van der Waals surface area (Å²) in [6.07, 6.45) is 0.0135. The molecular weight excluding hydrogens is 244 g/mol. The van der Waals surface area contributed by atoms with Crippen LogP contribution in [0.5, 0.6) is 5.75 Å². The number of halogens is 1. The van der Waals surface area contributed by atoms with E-state index in [1.807, 2.05) is 24.3 Å². The van der Waals surface area contributed by atoms with Gasteiger partial charge in [-0.2, -0.15) is 0 Å². The second-order valence-corrected chi connectivity index (χ2v) is 4.13. The summed E-state index contributed by atoms with van der Waals surface area (Å²) >= 11 is 3.22. The zero-order valence-electron chi connectivity index (χ0n) is 8.03. The predicted molar refractivity (Wildman–Crippen MR) is 60.6 cm³/mol. The van der Waals surface area contributed by atoms with E-state index in [-0.39, 0.29) is 0 Å². The van der Waals surface area contributed by atoms with Crippen molar-refractivity contribution in [3.63, 3.8) is 0 Å². The number of aliphatic hydroxyl groups is 1. The fraction of sp³-hybridized carbons (Fsp3) is 0.273. The van der Waals surface area contributed by atoms with Crippen molar-refractivity contribution >= 4 is 15.9 Å².